The second-order valence-electron chi connectivity index (χ2n) is 4.26. The summed E-state index contributed by atoms with van der Waals surface area (Å²) in [7, 11) is 0. The van der Waals surface area contributed by atoms with E-state index in [9.17, 15) is 5.11 Å². The van der Waals surface area contributed by atoms with Crippen LogP contribution in [0.25, 0.3) is 0 Å². The molecule has 78 valence electrons. The Morgan fingerprint density at radius 3 is 2.57 bits per heavy atom. The third kappa shape index (κ3) is 2.34. The molecule has 0 saturated heterocycles. The fourth-order valence-electron chi connectivity index (χ4n) is 1.35. The van der Waals surface area contributed by atoms with Gasteiger partial charge in [0.2, 0.25) is 0 Å². The standard InChI is InChI=1S/C12H19NO/c1-9(2)10-5-4-6-11(7-10)12(3,14)8-13/h4-7,9,14H,8,13H2,1-3H3. The van der Waals surface area contributed by atoms with Crippen LogP contribution in [-0.2, 0) is 5.60 Å². The van der Waals surface area contributed by atoms with E-state index in [2.05, 4.69) is 19.9 Å². The molecule has 1 aromatic carbocycles. The molecule has 0 amide bonds. The van der Waals surface area contributed by atoms with Crippen LogP contribution in [0.15, 0.2) is 24.3 Å². The predicted octanol–water partition coefficient (Wildman–Crippen LogP) is 1.98. The second kappa shape index (κ2) is 4.11. The molecule has 1 atom stereocenters. The molecule has 1 unspecified atom stereocenters. The van der Waals surface area contributed by atoms with E-state index in [-0.39, 0.29) is 6.54 Å². The zero-order chi connectivity index (χ0) is 10.8. The van der Waals surface area contributed by atoms with Crippen molar-refractivity contribution in [3.8, 4) is 0 Å². The maximum Gasteiger partial charge on any atom is 0.0990 e. The third-order valence-corrected chi connectivity index (χ3v) is 2.57. The van der Waals surface area contributed by atoms with Gasteiger partial charge in [-0.15, -0.1) is 0 Å². The molecule has 2 nitrogen and oxygen atoms in total. The summed E-state index contributed by atoms with van der Waals surface area (Å²) in [4.78, 5) is 0. The fourth-order valence-corrected chi connectivity index (χ4v) is 1.35. The lowest BCUT2D eigenvalue weighted by Crippen LogP contribution is -2.31. The van der Waals surface area contributed by atoms with Gasteiger partial charge < -0.3 is 10.8 Å². The number of hydrogen-bond donors (Lipinski definition) is 2. The lowest BCUT2D eigenvalue weighted by atomic mass is 9.92. The van der Waals surface area contributed by atoms with Crippen LogP contribution >= 0.6 is 0 Å². The maximum atomic E-state index is 9.98. The zero-order valence-corrected chi connectivity index (χ0v) is 9.12. The lowest BCUT2D eigenvalue weighted by molar-refractivity contribution is 0.0667. The van der Waals surface area contributed by atoms with Gasteiger partial charge in [-0.05, 0) is 24.0 Å². The average molecular weight is 193 g/mol. The molecule has 0 bridgehead atoms. The third-order valence-electron chi connectivity index (χ3n) is 2.57. The van der Waals surface area contributed by atoms with Crippen LogP contribution in [0.5, 0.6) is 0 Å². The van der Waals surface area contributed by atoms with Gasteiger partial charge in [-0.3, -0.25) is 0 Å². The molecule has 0 aromatic heterocycles. The Morgan fingerprint density at radius 2 is 2.07 bits per heavy atom. The minimum absolute atomic E-state index is 0.245. The topological polar surface area (TPSA) is 46.2 Å². The zero-order valence-electron chi connectivity index (χ0n) is 9.12. The normalized spacial score (nSPS) is 15.6. The Kier molecular flexibility index (Phi) is 3.29. The van der Waals surface area contributed by atoms with E-state index >= 15 is 0 Å². The van der Waals surface area contributed by atoms with Crippen LogP contribution in [0.2, 0.25) is 0 Å². The maximum absolute atomic E-state index is 9.98. The summed E-state index contributed by atoms with van der Waals surface area (Å²) in [6, 6.07) is 7.98. The molecule has 1 rings (SSSR count). The summed E-state index contributed by atoms with van der Waals surface area (Å²) in [6.45, 7) is 6.26. The van der Waals surface area contributed by atoms with Crippen molar-refractivity contribution in [2.45, 2.75) is 32.3 Å². The van der Waals surface area contributed by atoms with Gasteiger partial charge in [-0.25, -0.2) is 0 Å². The average Bonchev–Trinajstić information content (AvgIpc) is 2.18. The summed E-state index contributed by atoms with van der Waals surface area (Å²) in [6.07, 6.45) is 0. The van der Waals surface area contributed by atoms with Gasteiger partial charge >= 0.3 is 0 Å². The van der Waals surface area contributed by atoms with E-state index < -0.39 is 5.60 Å². The molecule has 0 fully saturated rings. The highest BCUT2D eigenvalue weighted by molar-refractivity contribution is 5.29. The lowest BCUT2D eigenvalue weighted by Gasteiger charge is -2.22. The monoisotopic (exact) mass is 193 g/mol. The van der Waals surface area contributed by atoms with Crippen molar-refractivity contribution in [1.29, 1.82) is 0 Å². The first-order valence-electron chi connectivity index (χ1n) is 5.00. The van der Waals surface area contributed by atoms with E-state index in [0.29, 0.717) is 5.92 Å². The first kappa shape index (κ1) is 11.2. The van der Waals surface area contributed by atoms with Crippen molar-refractivity contribution < 1.29 is 5.11 Å². The summed E-state index contributed by atoms with van der Waals surface area (Å²) in [5, 5.41) is 9.98. The molecule has 0 aliphatic heterocycles. The summed E-state index contributed by atoms with van der Waals surface area (Å²) < 4.78 is 0. The van der Waals surface area contributed by atoms with Crippen LogP contribution in [0.3, 0.4) is 0 Å². The summed E-state index contributed by atoms with van der Waals surface area (Å²) in [5.41, 5.74) is 6.73. The Bertz CT molecular complexity index is 305. The molecule has 3 N–H and O–H groups in total. The molecule has 1 aromatic rings. The Labute approximate surface area is 85.8 Å². The number of aliphatic hydroxyl groups is 1. The largest absolute Gasteiger partial charge is 0.384 e. The molecule has 2 heteroatoms. The highest BCUT2D eigenvalue weighted by Crippen LogP contribution is 2.23. The quantitative estimate of drug-likeness (QED) is 0.771. The van der Waals surface area contributed by atoms with Gasteiger partial charge in [0.05, 0.1) is 5.60 Å². The van der Waals surface area contributed by atoms with Crippen molar-refractivity contribution in [2.75, 3.05) is 6.54 Å². The minimum Gasteiger partial charge on any atom is -0.384 e. The van der Waals surface area contributed by atoms with Gasteiger partial charge in [0.15, 0.2) is 0 Å². The van der Waals surface area contributed by atoms with E-state index in [4.69, 9.17) is 5.73 Å². The second-order valence-corrected chi connectivity index (χ2v) is 4.26. The molecule has 14 heavy (non-hydrogen) atoms. The fraction of sp³-hybridized carbons (Fsp3) is 0.500. The van der Waals surface area contributed by atoms with E-state index in [1.807, 2.05) is 18.2 Å². The number of rotatable bonds is 3. The van der Waals surface area contributed by atoms with Gasteiger partial charge in [0.25, 0.3) is 0 Å². The molecule has 0 radical (unpaired) electrons. The molecule has 0 spiro atoms. The number of benzene rings is 1. The van der Waals surface area contributed by atoms with E-state index in [0.717, 1.165) is 5.56 Å². The van der Waals surface area contributed by atoms with Gasteiger partial charge in [-0.2, -0.15) is 0 Å². The van der Waals surface area contributed by atoms with Gasteiger partial charge in [-0.1, -0.05) is 38.1 Å². The predicted molar refractivity (Wildman–Crippen MR) is 59.2 cm³/mol. The summed E-state index contributed by atoms with van der Waals surface area (Å²) >= 11 is 0. The number of hydrogen-bond acceptors (Lipinski definition) is 2. The van der Waals surface area contributed by atoms with Crippen LogP contribution in [0.1, 0.15) is 37.8 Å². The van der Waals surface area contributed by atoms with Crippen molar-refractivity contribution >= 4 is 0 Å². The smallest absolute Gasteiger partial charge is 0.0990 e. The van der Waals surface area contributed by atoms with Crippen molar-refractivity contribution in [2.24, 2.45) is 5.73 Å². The molecule has 0 aliphatic rings. The Morgan fingerprint density at radius 1 is 1.43 bits per heavy atom. The minimum atomic E-state index is -0.912. The molecule has 0 aliphatic carbocycles. The van der Waals surface area contributed by atoms with E-state index in [1.54, 1.807) is 6.92 Å². The first-order chi connectivity index (χ1) is 6.47. The van der Waals surface area contributed by atoms with Crippen LogP contribution in [-0.4, -0.2) is 11.7 Å². The van der Waals surface area contributed by atoms with Crippen LogP contribution in [0, 0.1) is 0 Å². The van der Waals surface area contributed by atoms with Crippen molar-refractivity contribution in [3.05, 3.63) is 35.4 Å². The van der Waals surface area contributed by atoms with Gasteiger partial charge in [0.1, 0.15) is 0 Å². The highest BCUT2D eigenvalue weighted by atomic mass is 16.3. The summed E-state index contributed by atoms with van der Waals surface area (Å²) in [5.74, 6) is 0.475. The molecule has 0 saturated carbocycles. The SMILES string of the molecule is CC(C)c1cccc(C(C)(O)CN)c1. The first-order valence-corrected chi connectivity index (χ1v) is 5.00. The van der Waals surface area contributed by atoms with Crippen LogP contribution < -0.4 is 5.73 Å². The molecular weight excluding hydrogens is 174 g/mol. The molecular formula is C12H19NO. The van der Waals surface area contributed by atoms with Crippen molar-refractivity contribution in [3.63, 3.8) is 0 Å². The Hall–Kier alpha value is -0.860. The van der Waals surface area contributed by atoms with Crippen LogP contribution in [0.4, 0.5) is 0 Å². The van der Waals surface area contributed by atoms with Gasteiger partial charge in [0, 0.05) is 6.54 Å². The van der Waals surface area contributed by atoms with Crippen molar-refractivity contribution in [1.82, 2.24) is 0 Å². The Balaban J connectivity index is 3.05. The molecule has 0 heterocycles. The highest BCUT2D eigenvalue weighted by Gasteiger charge is 2.20. The number of nitrogens with two attached hydrogens (primary N) is 1. The van der Waals surface area contributed by atoms with E-state index in [1.165, 1.54) is 5.56 Å².